The molecule has 1 heterocycles. The van der Waals surface area contributed by atoms with Gasteiger partial charge in [0.2, 0.25) is 15.9 Å². The highest BCUT2D eigenvalue weighted by atomic mass is 32.2. The molecule has 1 aliphatic carbocycles. The summed E-state index contributed by atoms with van der Waals surface area (Å²) in [6.07, 6.45) is 2.71. The van der Waals surface area contributed by atoms with Gasteiger partial charge in [0, 0.05) is 31.6 Å². The van der Waals surface area contributed by atoms with Gasteiger partial charge in [0.25, 0.3) is 0 Å². The van der Waals surface area contributed by atoms with E-state index in [1.807, 2.05) is 36.1 Å². The van der Waals surface area contributed by atoms with Gasteiger partial charge in [-0.2, -0.15) is 4.31 Å². The van der Waals surface area contributed by atoms with Gasteiger partial charge in [0.05, 0.1) is 0 Å². The van der Waals surface area contributed by atoms with E-state index in [0.29, 0.717) is 25.5 Å². The van der Waals surface area contributed by atoms with Crippen LogP contribution < -0.4 is 0 Å². The van der Waals surface area contributed by atoms with Gasteiger partial charge in [-0.25, -0.2) is 17.2 Å². The normalized spacial score (nSPS) is 18.2. The minimum atomic E-state index is -4.15. The van der Waals surface area contributed by atoms with Gasteiger partial charge in [-0.1, -0.05) is 29.8 Å². The smallest absolute Gasteiger partial charge is 0.246 e. The number of aryl methyl sites for hydroxylation is 1. The lowest BCUT2D eigenvalue weighted by Gasteiger charge is -2.34. The second-order valence-electron chi connectivity index (χ2n) is 8.44. The number of hydrogen-bond acceptors (Lipinski definition) is 3. The number of nitrogens with zero attached hydrogens (tertiary/aromatic N) is 2. The van der Waals surface area contributed by atoms with Gasteiger partial charge < -0.3 is 4.90 Å². The van der Waals surface area contributed by atoms with E-state index in [2.05, 4.69) is 0 Å². The largest absolute Gasteiger partial charge is 0.335 e. The van der Waals surface area contributed by atoms with Crippen LogP contribution in [0, 0.1) is 24.5 Å². The number of piperidine rings is 1. The summed E-state index contributed by atoms with van der Waals surface area (Å²) in [5.74, 6) is -1.99. The SMILES string of the molecule is Cc1ccc(CN(C(=O)C2CCN(S(=O)(=O)c3cc(F)ccc3F)CC2)C2CC2)cc1. The van der Waals surface area contributed by atoms with Crippen LogP contribution in [0.3, 0.4) is 0 Å². The van der Waals surface area contributed by atoms with Crippen molar-refractivity contribution in [3.8, 4) is 0 Å². The highest BCUT2D eigenvalue weighted by molar-refractivity contribution is 7.89. The van der Waals surface area contributed by atoms with E-state index in [1.54, 1.807) is 0 Å². The molecule has 0 unspecified atom stereocenters. The van der Waals surface area contributed by atoms with Gasteiger partial charge in [0.15, 0.2) is 0 Å². The molecule has 0 aromatic heterocycles. The van der Waals surface area contributed by atoms with Crippen molar-refractivity contribution in [3.05, 3.63) is 65.2 Å². The summed E-state index contributed by atoms with van der Waals surface area (Å²) in [5, 5.41) is 0. The molecule has 0 atom stereocenters. The molecule has 2 aromatic rings. The zero-order chi connectivity index (χ0) is 22.2. The number of carbonyl (C=O) groups excluding carboxylic acids is 1. The molecule has 1 amide bonds. The maximum atomic E-state index is 14.0. The molecule has 1 saturated carbocycles. The Balaban J connectivity index is 1.43. The molecule has 2 fully saturated rings. The summed E-state index contributed by atoms with van der Waals surface area (Å²) >= 11 is 0. The third kappa shape index (κ3) is 4.80. The Hall–Kier alpha value is -2.32. The first-order valence-electron chi connectivity index (χ1n) is 10.6. The van der Waals surface area contributed by atoms with Crippen LogP contribution in [0.5, 0.6) is 0 Å². The van der Waals surface area contributed by atoms with Gasteiger partial charge in [-0.05, 0) is 56.4 Å². The van der Waals surface area contributed by atoms with E-state index < -0.39 is 26.6 Å². The Morgan fingerprint density at radius 1 is 1.03 bits per heavy atom. The Labute approximate surface area is 181 Å². The number of amides is 1. The van der Waals surface area contributed by atoms with Crippen molar-refractivity contribution in [1.29, 1.82) is 0 Å². The van der Waals surface area contributed by atoms with Crippen molar-refractivity contribution in [3.63, 3.8) is 0 Å². The van der Waals surface area contributed by atoms with E-state index >= 15 is 0 Å². The summed E-state index contributed by atoms with van der Waals surface area (Å²) < 4.78 is 54.2. The summed E-state index contributed by atoms with van der Waals surface area (Å²) in [5.41, 5.74) is 2.24. The van der Waals surface area contributed by atoms with Crippen molar-refractivity contribution >= 4 is 15.9 Å². The van der Waals surface area contributed by atoms with Gasteiger partial charge in [-0.15, -0.1) is 0 Å². The van der Waals surface area contributed by atoms with Crippen LogP contribution in [0.2, 0.25) is 0 Å². The van der Waals surface area contributed by atoms with Crippen LogP contribution in [-0.4, -0.2) is 42.7 Å². The molecular formula is C23H26F2N2O3S. The molecule has 1 saturated heterocycles. The minimum Gasteiger partial charge on any atom is -0.335 e. The molecule has 0 spiro atoms. The van der Waals surface area contributed by atoms with Gasteiger partial charge in [0.1, 0.15) is 16.5 Å². The van der Waals surface area contributed by atoms with Crippen molar-refractivity contribution in [1.82, 2.24) is 9.21 Å². The predicted octanol–water partition coefficient (Wildman–Crippen LogP) is 3.87. The lowest BCUT2D eigenvalue weighted by molar-refractivity contribution is -0.138. The summed E-state index contributed by atoms with van der Waals surface area (Å²) in [6.45, 7) is 2.79. The fourth-order valence-corrected chi connectivity index (χ4v) is 5.60. The third-order valence-electron chi connectivity index (χ3n) is 6.06. The molecule has 0 N–H and O–H groups in total. The van der Waals surface area contributed by atoms with E-state index in [1.165, 1.54) is 0 Å². The molecule has 2 aromatic carbocycles. The van der Waals surface area contributed by atoms with E-state index in [4.69, 9.17) is 0 Å². The van der Waals surface area contributed by atoms with E-state index in [-0.39, 0.29) is 31.0 Å². The summed E-state index contributed by atoms with van der Waals surface area (Å²) in [7, 11) is -4.15. The lowest BCUT2D eigenvalue weighted by atomic mass is 9.96. The number of benzene rings is 2. The number of carbonyl (C=O) groups is 1. The Morgan fingerprint density at radius 2 is 1.68 bits per heavy atom. The Bertz CT molecular complexity index is 1060. The van der Waals surface area contributed by atoms with Crippen LogP contribution in [0.1, 0.15) is 36.8 Å². The van der Waals surface area contributed by atoms with Crippen LogP contribution in [-0.2, 0) is 21.4 Å². The molecular weight excluding hydrogens is 422 g/mol. The first kappa shape index (κ1) is 21.9. The fourth-order valence-electron chi connectivity index (χ4n) is 4.05. The topological polar surface area (TPSA) is 57.7 Å². The zero-order valence-electron chi connectivity index (χ0n) is 17.4. The van der Waals surface area contributed by atoms with Crippen molar-refractivity contribution in [2.45, 2.75) is 50.1 Å². The molecule has 166 valence electrons. The third-order valence-corrected chi connectivity index (χ3v) is 7.97. The average molecular weight is 449 g/mol. The van der Waals surface area contributed by atoms with Crippen molar-refractivity contribution < 1.29 is 22.0 Å². The zero-order valence-corrected chi connectivity index (χ0v) is 18.2. The summed E-state index contributed by atoms with van der Waals surface area (Å²) in [6, 6.07) is 10.8. The monoisotopic (exact) mass is 448 g/mol. The number of halogens is 2. The van der Waals surface area contributed by atoms with Crippen LogP contribution in [0.15, 0.2) is 47.4 Å². The van der Waals surface area contributed by atoms with Crippen molar-refractivity contribution in [2.24, 2.45) is 5.92 Å². The number of sulfonamides is 1. The van der Waals surface area contributed by atoms with Gasteiger partial charge in [-0.3, -0.25) is 4.79 Å². The highest BCUT2D eigenvalue weighted by Crippen LogP contribution is 2.33. The molecule has 0 bridgehead atoms. The molecule has 0 radical (unpaired) electrons. The molecule has 5 nitrogen and oxygen atoms in total. The highest BCUT2D eigenvalue weighted by Gasteiger charge is 2.39. The maximum Gasteiger partial charge on any atom is 0.246 e. The minimum absolute atomic E-state index is 0.0528. The average Bonchev–Trinajstić information content (AvgIpc) is 3.60. The number of rotatable bonds is 6. The number of hydrogen-bond donors (Lipinski definition) is 0. The molecule has 4 rings (SSSR count). The van der Waals surface area contributed by atoms with E-state index in [9.17, 15) is 22.0 Å². The molecule has 31 heavy (non-hydrogen) atoms. The van der Waals surface area contributed by atoms with Crippen LogP contribution >= 0.6 is 0 Å². The standard InChI is InChI=1S/C23H26F2N2O3S/c1-16-2-4-17(5-3-16)15-27(20-7-8-20)23(28)18-10-12-26(13-11-18)31(29,30)22-14-19(24)6-9-21(22)25/h2-6,9,14,18,20H,7-8,10-13,15H2,1H3. The predicted molar refractivity (Wildman–Crippen MR) is 113 cm³/mol. The second kappa shape index (κ2) is 8.67. The lowest BCUT2D eigenvalue weighted by Crippen LogP contribution is -2.45. The summed E-state index contributed by atoms with van der Waals surface area (Å²) in [4.78, 5) is 14.5. The maximum absolute atomic E-state index is 14.0. The van der Waals surface area contributed by atoms with Crippen LogP contribution in [0.4, 0.5) is 8.78 Å². The molecule has 2 aliphatic rings. The van der Waals surface area contributed by atoms with Gasteiger partial charge >= 0.3 is 0 Å². The fraction of sp³-hybridized carbons (Fsp3) is 0.435. The quantitative estimate of drug-likeness (QED) is 0.674. The first-order chi connectivity index (χ1) is 14.8. The Kier molecular flexibility index (Phi) is 6.12. The molecule has 1 aliphatic heterocycles. The van der Waals surface area contributed by atoms with E-state index in [0.717, 1.165) is 40.4 Å². The molecule has 8 heteroatoms. The Morgan fingerprint density at radius 3 is 2.29 bits per heavy atom. The van der Waals surface area contributed by atoms with Crippen LogP contribution in [0.25, 0.3) is 0 Å². The second-order valence-corrected chi connectivity index (χ2v) is 10.3. The van der Waals surface area contributed by atoms with Crippen molar-refractivity contribution in [2.75, 3.05) is 13.1 Å². The first-order valence-corrected chi connectivity index (χ1v) is 12.0.